The lowest BCUT2D eigenvalue weighted by molar-refractivity contribution is -0.153. The summed E-state index contributed by atoms with van der Waals surface area (Å²) >= 11 is 0. The number of benzene rings is 1. The van der Waals surface area contributed by atoms with Crippen LogP contribution in [0.3, 0.4) is 0 Å². The van der Waals surface area contributed by atoms with E-state index >= 15 is 0 Å². The van der Waals surface area contributed by atoms with Gasteiger partial charge in [0.05, 0.1) is 6.04 Å². The van der Waals surface area contributed by atoms with E-state index in [9.17, 15) is 19.2 Å². The van der Waals surface area contributed by atoms with E-state index in [1.54, 1.807) is 9.80 Å². The minimum atomic E-state index is -0.683. The Morgan fingerprint density at radius 2 is 1.77 bits per heavy atom. The molecule has 1 aliphatic carbocycles. The number of nitrogens with one attached hydrogen (secondary N) is 2. The van der Waals surface area contributed by atoms with E-state index in [0.29, 0.717) is 38.6 Å². The number of carbonyl (C=O) groups excluding carboxylic acids is 4. The van der Waals surface area contributed by atoms with Crippen LogP contribution in [0, 0.1) is 5.92 Å². The molecule has 0 radical (unpaired) electrons. The molecular formula is C27H38N4O4. The van der Waals surface area contributed by atoms with Gasteiger partial charge in [0.15, 0.2) is 0 Å². The Bertz CT molecular complexity index is 980. The number of hydrogen-bond donors (Lipinski definition) is 2. The Morgan fingerprint density at radius 1 is 1.03 bits per heavy atom. The lowest BCUT2D eigenvalue weighted by Crippen LogP contribution is -2.61. The highest BCUT2D eigenvalue weighted by molar-refractivity contribution is 5.93. The minimum absolute atomic E-state index is 0.0822. The first-order valence-electron chi connectivity index (χ1n) is 13.1. The number of fused-ring (bicyclic) bond motifs is 2. The number of rotatable bonds is 5. The predicted molar refractivity (Wildman–Crippen MR) is 132 cm³/mol. The molecule has 2 N–H and O–H groups in total. The summed E-state index contributed by atoms with van der Waals surface area (Å²) in [7, 11) is 0. The second-order valence-corrected chi connectivity index (χ2v) is 10.2. The summed E-state index contributed by atoms with van der Waals surface area (Å²) in [6.07, 6.45) is 5.20. The molecule has 4 amide bonds. The van der Waals surface area contributed by atoms with Gasteiger partial charge < -0.3 is 20.4 Å². The number of nitrogens with zero attached hydrogens (tertiary/aromatic N) is 2. The third-order valence-electron chi connectivity index (χ3n) is 7.93. The minimum Gasteiger partial charge on any atom is -0.347 e. The molecule has 190 valence electrons. The van der Waals surface area contributed by atoms with Crippen LogP contribution in [0.25, 0.3) is 0 Å². The van der Waals surface area contributed by atoms with Crippen LogP contribution in [0.15, 0.2) is 24.3 Å². The second-order valence-electron chi connectivity index (χ2n) is 10.2. The van der Waals surface area contributed by atoms with Gasteiger partial charge in [-0.15, -0.1) is 0 Å². The number of aryl methyl sites for hydroxylation is 1. The van der Waals surface area contributed by atoms with Crippen molar-refractivity contribution in [1.29, 1.82) is 0 Å². The zero-order valence-electron chi connectivity index (χ0n) is 21.1. The topological polar surface area (TPSA) is 98.8 Å². The lowest BCUT2D eigenvalue weighted by Gasteiger charge is -2.41. The zero-order chi connectivity index (χ0) is 25.1. The number of hydrogen-bond acceptors (Lipinski definition) is 4. The van der Waals surface area contributed by atoms with Gasteiger partial charge in [-0.05, 0) is 62.5 Å². The standard InChI is InChI=1S/C27H38N4O4/c1-4-17(2)25(33)29-22-13-8-16-30(18(3)32)24-15-14-23(31(24)27(22)35)26(34)28-21-12-7-10-19-9-5-6-11-20(19)21/h5-6,9,11,17,21-24H,4,7-8,10,12-16H2,1-3H3,(H,28,34)(H,29,33)/t17-,21?,22?,23?,24?/m1/s1. The molecule has 0 saturated carbocycles. The molecule has 2 fully saturated rings. The van der Waals surface area contributed by atoms with Crippen LogP contribution in [0.5, 0.6) is 0 Å². The van der Waals surface area contributed by atoms with Crippen LogP contribution >= 0.6 is 0 Å². The summed E-state index contributed by atoms with van der Waals surface area (Å²) in [6.45, 7) is 5.80. The SMILES string of the molecule is CC[C@@H](C)C(=O)NC1CCCN(C(C)=O)C2CCC(C(=O)NC3CCCc4ccccc43)N2C1=O. The molecule has 0 spiro atoms. The molecule has 2 heterocycles. The molecule has 1 aromatic carbocycles. The van der Waals surface area contributed by atoms with E-state index in [4.69, 9.17) is 0 Å². The Labute approximate surface area is 207 Å². The van der Waals surface area contributed by atoms with Crippen molar-refractivity contribution < 1.29 is 19.2 Å². The third kappa shape index (κ3) is 5.21. The third-order valence-corrected chi connectivity index (χ3v) is 7.93. The van der Waals surface area contributed by atoms with Gasteiger partial charge in [0.1, 0.15) is 18.2 Å². The molecule has 5 atom stereocenters. The molecule has 3 aliphatic rings. The summed E-state index contributed by atoms with van der Waals surface area (Å²) in [4.78, 5) is 55.8. The molecule has 0 bridgehead atoms. The Balaban J connectivity index is 1.57. The van der Waals surface area contributed by atoms with Gasteiger partial charge in [-0.3, -0.25) is 19.2 Å². The van der Waals surface area contributed by atoms with E-state index in [1.807, 2.05) is 26.0 Å². The van der Waals surface area contributed by atoms with Crippen LogP contribution in [0.4, 0.5) is 0 Å². The van der Waals surface area contributed by atoms with Gasteiger partial charge in [-0.25, -0.2) is 0 Å². The second kappa shape index (κ2) is 10.8. The number of amides is 4. The Hall–Kier alpha value is -2.90. The monoisotopic (exact) mass is 482 g/mol. The van der Waals surface area contributed by atoms with E-state index in [1.165, 1.54) is 12.5 Å². The average Bonchev–Trinajstić information content (AvgIpc) is 3.28. The van der Waals surface area contributed by atoms with Crippen molar-refractivity contribution in [2.24, 2.45) is 5.92 Å². The van der Waals surface area contributed by atoms with Crippen LogP contribution in [0.1, 0.15) is 82.9 Å². The van der Waals surface area contributed by atoms with Crippen LogP contribution in [-0.4, -0.2) is 58.2 Å². The highest BCUT2D eigenvalue weighted by Gasteiger charge is 2.47. The van der Waals surface area contributed by atoms with Gasteiger partial charge in [-0.1, -0.05) is 38.1 Å². The maximum Gasteiger partial charge on any atom is 0.247 e. The zero-order valence-corrected chi connectivity index (χ0v) is 21.1. The maximum absolute atomic E-state index is 13.8. The molecule has 1 aromatic rings. The summed E-state index contributed by atoms with van der Waals surface area (Å²) < 4.78 is 0. The quantitative estimate of drug-likeness (QED) is 0.674. The maximum atomic E-state index is 13.8. The Kier molecular flexibility index (Phi) is 7.77. The van der Waals surface area contributed by atoms with Gasteiger partial charge in [0, 0.05) is 19.4 Å². The van der Waals surface area contributed by atoms with Crippen molar-refractivity contribution >= 4 is 23.6 Å². The highest BCUT2D eigenvalue weighted by Crippen LogP contribution is 2.33. The van der Waals surface area contributed by atoms with Crippen LogP contribution in [-0.2, 0) is 25.6 Å². The van der Waals surface area contributed by atoms with Crippen molar-refractivity contribution in [3.05, 3.63) is 35.4 Å². The predicted octanol–water partition coefficient (Wildman–Crippen LogP) is 2.67. The summed E-state index contributed by atoms with van der Waals surface area (Å²) in [5.74, 6) is -0.887. The largest absolute Gasteiger partial charge is 0.347 e. The molecule has 4 rings (SSSR count). The molecule has 2 saturated heterocycles. The smallest absolute Gasteiger partial charge is 0.247 e. The fourth-order valence-corrected chi connectivity index (χ4v) is 5.75. The van der Waals surface area contributed by atoms with Gasteiger partial charge >= 0.3 is 0 Å². The normalized spacial score (nSPS) is 27.2. The van der Waals surface area contributed by atoms with Gasteiger partial charge in [0.25, 0.3) is 0 Å². The van der Waals surface area contributed by atoms with E-state index < -0.39 is 18.2 Å². The summed E-state index contributed by atoms with van der Waals surface area (Å²) in [6, 6.07) is 6.76. The first kappa shape index (κ1) is 25.2. The lowest BCUT2D eigenvalue weighted by atomic mass is 9.87. The molecule has 35 heavy (non-hydrogen) atoms. The van der Waals surface area contributed by atoms with Crippen molar-refractivity contribution in [2.45, 2.75) is 96.4 Å². The fraction of sp³-hybridized carbons (Fsp3) is 0.630. The Morgan fingerprint density at radius 3 is 2.51 bits per heavy atom. The van der Waals surface area contributed by atoms with Crippen LogP contribution < -0.4 is 10.6 Å². The highest BCUT2D eigenvalue weighted by atomic mass is 16.2. The van der Waals surface area contributed by atoms with E-state index in [2.05, 4.69) is 22.8 Å². The van der Waals surface area contributed by atoms with E-state index in [-0.39, 0.29) is 35.6 Å². The first-order chi connectivity index (χ1) is 16.8. The molecule has 0 aromatic heterocycles. The molecule has 8 heteroatoms. The van der Waals surface area contributed by atoms with E-state index in [0.717, 1.165) is 24.8 Å². The summed E-state index contributed by atoms with van der Waals surface area (Å²) in [5.41, 5.74) is 2.40. The first-order valence-corrected chi connectivity index (χ1v) is 13.1. The molecule has 4 unspecified atom stereocenters. The van der Waals surface area contributed by atoms with Gasteiger partial charge in [-0.2, -0.15) is 0 Å². The van der Waals surface area contributed by atoms with Crippen molar-refractivity contribution in [3.8, 4) is 0 Å². The summed E-state index contributed by atoms with van der Waals surface area (Å²) in [5, 5.41) is 6.14. The van der Waals surface area contributed by atoms with Crippen molar-refractivity contribution in [1.82, 2.24) is 20.4 Å². The van der Waals surface area contributed by atoms with Gasteiger partial charge in [0.2, 0.25) is 23.6 Å². The van der Waals surface area contributed by atoms with Crippen molar-refractivity contribution in [2.75, 3.05) is 6.54 Å². The molecular weight excluding hydrogens is 444 g/mol. The number of carbonyl (C=O) groups is 4. The van der Waals surface area contributed by atoms with Crippen LogP contribution in [0.2, 0.25) is 0 Å². The molecule has 2 aliphatic heterocycles. The van der Waals surface area contributed by atoms with Crippen molar-refractivity contribution in [3.63, 3.8) is 0 Å². The molecule has 8 nitrogen and oxygen atoms in total. The average molecular weight is 483 g/mol. The fourth-order valence-electron chi connectivity index (χ4n) is 5.75.